The standard InChI is InChI=1S/C23H22ClN5O/c1-14-17(12-15-11-16(24)8-9-18(15)26-14)22(30)27-21-13-19(23(2,3)4)28-29(21)20-7-5-6-10-25-20/h5-13H,1-4H3,(H,27,30). The van der Waals surface area contributed by atoms with Crippen LogP contribution >= 0.6 is 11.6 Å². The maximum atomic E-state index is 13.2. The Morgan fingerprint density at radius 2 is 1.90 bits per heavy atom. The Morgan fingerprint density at radius 3 is 2.60 bits per heavy atom. The number of fused-ring (bicyclic) bond motifs is 1. The average molecular weight is 420 g/mol. The Kier molecular flexibility index (Phi) is 5.03. The minimum absolute atomic E-state index is 0.184. The van der Waals surface area contributed by atoms with Crippen molar-refractivity contribution in [1.82, 2.24) is 19.7 Å². The van der Waals surface area contributed by atoms with Gasteiger partial charge >= 0.3 is 0 Å². The largest absolute Gasteiger partial charge is 0.306 e. The second-order valence-corrected chi connectivity index (χ2v) is 8.61. The summed E-state index contributed by atoms with van der Waals surface area (Å²) < 4.78 is 1.65. The van der Waals surface area contributed by atoms with E-state index < -0.39 is 0 Å². The zero-order chi connectivity index (χ0) is 21.5. The van der Waals surface area contributed by atoms with Gasteiger partial charge in [0, 0.05) is 28.1 Å². The second-order valence-electron chi connectivity index (χ2n) is 8.18. The Hall–Kier alpha value is -3.25. The number of pyridine rings is 2. The number of hydrogen-bond acceptors (Lipinski definition) is 4. The summed E-state index contributed by atoms with van der Waals surface area (Å²) in [4.78, 5) is 22.1. The van der Waals surface area contributed by atoms with Crippen LogP contribution in [0.2, 0.25) is 5.02 Å². The van der Waals surface area contributed by atoms with Crippen molar-refractivity contribution in [2.24, 2.45) is 0 Å². The highest BCUT2D eigenvalue weighted by Gasteiger charge is 2.23. The van der Waals surface area contributed by atoms with Crippen molar-refractivity contribution in [3.05, 3.63) is 76.7 Å². The van der Waals surface area contributed by atoms with Crippen molar-refractivity contribution in [2.45, 2.75) is 33.1 Å². The first kappa shape index (κ1) is 20.0. The van der Waals surface area contributed by atoms with Gasteiger partial charge in [-0.25, -0.2) is 4.98 Å². The third kappa shape index (κ3) is 3.91. The predicted molar refractivity (Wildman–Crippen MR) is 120 cm³/mol. The fraction of sp³-hybridized carbons (Fsp3) is 0.217. The SMILES string of the molecule is Cc1nc2ccc(Cl)cc2cc1C(=O)Nc1cc(C(C)(C)C)nn1-c1ccccn1. The van der Waals surface area contributed by atoms with Crippen LogP contribution in [0.5, 0.6) is 0 Å². The molecule has 0 saturated carbocycles. The van der Waals surface area contributed by atoms with Crippen LogP contribution in [0.3, 0.4) is 0 Å². The van der Waals surface area contributed by atoms with Crippen molar-refractivity contribution in [1.29, 1.82) is 0 Å². The Morgan fingerprint density at radius 1 is 1.10 bits per heavy atom. The molecule has 152 valence electrons. The van der Waals surface area contributed by atoms with Crippen molar-refractivity contribution >= 4 is 34.2 Å². The van der Waals surface area contributed by atoms with Gasteiger partial charge in [-0.15, -0.1) is 0 Å². The lowest BCUT2D eigenvalue weighted by molar-refractivity contribution is 0.102. The predicted octanol–water partition coefficient (Wildman–Crippen LogP) is 5.33. The second kappa shape index (κ2) is 7.54. The van der Waals surface area contributed by atoms with Gasteiger partial charge in [0.25, 0.3) is 5.91 Å². The van der Waals surface area contributed by atoms with Crippen molar-refractivity contribution < 1.29 is 4.79 Å². The number of aromatic nitrogens is 4. The lowest BCUT2D eigenvalue weighted by atomic mass is 9.92. The molecule has 7 heteroatoms. The zero-order valence-electron chi connectivity index (χ0n) is 17.3. The molecule has 0 bridgehead atoms. The molecular weight excluding hydrogens is 398 g/mol. The Balaban J connectivity index is 1.75. The topological polar surface area (TPSA) is 72.7 Å². The molecule has 0 saturated heterocycles. The third-order valence-corrected chi connectivity index (χ3v) is 5.03. The quantitative estimate of drug-likeness (QED) is 0.487. The monoisotopic (exact) mass is 419 g/mol. The number of benzene rings is 1. The highest BCUT2D eigenvalue weighted by atomic mass is 35.5. The normalized spacial score (nSPS) is 11.6. The molecule has 0 fully saturated rings. The van der Waals surface area contributed by atoms with E-state index >= 15 is 0 Å². The molecule has 0 aliphatic carbocycles. The fourth-order valence-corrected chi connectivity index (χ4v) is 3.33. The molecule has 3 aromatic heterocycles. The van der Waals surface area contributed by atoms with Gasteiger partial charge in [-0.2, -0.15) is 9.78 Å². The molecule has 3 heterocycles. The minimum atomic E-state index is -0.264. The summed E-state index contributed by atoms with van der Waals surface area (Å²) in [5, 5.41) is 9.09. The maximum absolute atomic E-state index is 13.2. The fourth-order valence-electron chi connectivity index (χ4n) is 3.15. The summed E-state index contributed by atoms with van der Waals surface area (Å²) in [6.45, 7) is 8.04. The van der Waals surface area contributed by atoms with Crippen LogP contribution in [0.1, 0.15) is 42.5 Å². The van der Waals surface area contributed by atoms with Crippen LogP contribution in [-0.4, -0.2) is 25.7 Å². The lowest BCUT2D eigenvalue weighted by Crippen LogP contribution is -2.17. The highest BCUT2D eigenvalue weighted by Crippen LogP contribution is 2.27. The van der Waals surface area contributed by atoms with Gasteiger partial charge in [-0.1, -0.05) is 38.4 Å². The van der Waals surface area contributed by atoms with E-state index in [4.69, 9.17) is 11.6 Å². The van der Waals surface area contributed by atoms with Gasteiger partial charge in [0.1, 0.15) is 5.82 Å². The molecule has 6 nitrogen and oxygen atoms in total. The van der Waals surface area contributed by atoms with Gasteiger partial charge in [-0.05, 0) is 43.3 Å². The summed E-state index contributed by atoms with van der Waals surface area (Å²) in [7, 11) is 0. The van der Waals surface area contributed by atoms with E-state index in [0.717, 1.165) is 16.6 Å². The number of hydrogen-bond donors (Lipinski definition) is 1. The number of amides is 1. The molecule has 1 aromatic carbocycles. The number of aryl methyl sites for hydroxylation is 1. The molecule has 4 aromatic rings. The van der Waals surface area contributed by atoms with Crippen LogP contribution in [0, 0.1) is 6.92 Å². The smallest absolute Gasteiger partial charge is 0.258 e. The molecule has 0 spiro atoms. The summed E-state index contributed by atoms with van der Waals surface area (Å²) in [6.07, 6.45) is 1.69. The Bertz CT molecular complexity index is 1240. The van der Waals surface area contributed by atoms with Crippen LogP contribution in [0.15, 0.2) is 54.7 Å². The summed E-state index contributed by atoms with van der Waals surface area (Å²) in [5.74, 6) is 0.914. The molecule has 0 atom stereocenters. The van der Waals surface area contributed by atoms with Gasteiger partial charge < -0.3 is 5.32 Å². The molecule has 0 aliphatic rings. The van der Waals surface area contributed by atoms with Crippen molar-refractivity contribution in [3.63, 3.8) is 0 Å². The van der Waals surface area contributed by atoms with Gasteiger partial charge in [0.15, 0.2) is 5.82 Å². The first-order chi connectivity index (χ1) is 14.2. The zero-order valence-corrected chi connectivity index (χ0v) is 18.0. The van der Waals surface area contributed by atoms with E-state index in [0.29, 0.717) is 27.9 Å². The summed E-state index contributed by atoms with van der Waals surface area (Å²) >= 11 is 6.11. The van der Waals surface area contributed by atoms with Crippen LogP contribution < -0.4 is 5.32 Å². The Labute approximate surface area is 179 Å². The molecule has 4 rings (SSSR count). The van der Waals surface area contributed by atoms with Gasteiger partial charge in [-0.3, -0.25) is 9.78 Å². The molecular formula is C23H22ClN5O. The number of anilines is 1. The number of carbonyl (C=O) groups excluding carboxylic acids is 1. The number of nitrogens with one attached hydrogen (secondary N) is 1. The molecule has 0 aliphatic heterocycles. The first-order valence-corrected chi connectivity index (χ1v) is 10.0. The minimum Gasteiger partial charge on any atom is -0.306 e. The third-order valence-electron chi connectivity index (χ3n) is 4.80. The molecule has 1 N–H and O–H groups in total. The van der Waals surface area contributed by atoms with E-state index in [2.05, 4.69) is 41.2 Å². The van der Waals surface area contributed by atoms with Crippen LogP contribution in [0.25, 0.3) is 16.7 Å². The summed E-state index contributed by atoms with van der Waals surface area (Å²) in [5.41, 5.74) is 2.58. The molecule has 0 unspecified atom stereocenters. The average Bonchev–Trinajstić information content (AvgIpc) is 3.12. The van der Waals surface area contributed by atoms with Crippen LogP contribution in [0.4, 0.5) is 5.82 Å². The van der Waals surface area contributed by atoms with Crippen LogP contribution in [-0.2, 0) is 5.41 Å². The van der Waals surface area contributed by atoms with Gasteiger partial charge in [0.2, 0.25) is 0 Å². The van der Waals surface area contributed by atoms with Crippen molar-refractivity contribution in [2.75, 3.05) is 5.32 Å². The van der Waals surface area contributed by atoms with Crippen molar-refractivity contribution in [3.8, 4) is 5.82 Å². The molecule has 1 amide bonds. The highest BCUT2D eigenvalue weighted by molar-refractivity contribution is 6.31. The number of rotatable bonds is 3. The van der Waals surface area contributed by atoms with E-state index in [1.165, 1.54) is 0 Å². The van der Waals surface area contributed by atoms with E-state index in [9.17, 15) is 4.79 Å². The number of carbonyl (C=O) groups is 1. The van der Waals surface area contributed by atoms with E-state index in [1.807, 2.05) is 43.3 Å². The maximum Gasteiger partial charge on any atom is 0.258 e. The summed E-state index contributed by atoms with van der Waals surface area (Å²) in [6, 6.07) is 14.7. The number of halogens is 1. The number of nitrogens with zero attached hydrogens (tertiary/aromatic N) is 4. The molecule has 0 radical (unpaired) electrons. The lowest BCUT2D eigenvalue weighted by Gasteiger charge is -2.13. The van der Waals surface area contributed by atoms with E-state index in [1.54, 1.807) is 23.0 Å². The first-order valence-electron chi connectivity index (χ1n) is 9.62. The molecule has 30 heavy (non-hydrogen) atoms. The van der Waals surface area contributed by atoms with E-state index in [-0.39, 0.29) is 11.3 Å². The van der Waals surface area contributed by atoms with Gasteiger partial charge in [0.05, 0.1) is 22.5 Å².